The second kappa shape index (κ2) is 8.31. The highest BCUT2D eigenvalue weighted by atomic mass is 19.4. The first-order valence-corrected chi connectivity index (χ1v) is 7.84. The van der Waals surface area contributed by atoms with E-state index in [1.54, 1.807) is 0 Å². The van der Waals surface area contributed by atoms with E-state index in [0.29, 0.717) is 0 Å². The molecule has 2 N–H and O–H groups in total. The van der Waals surface area contributed by atoms with Gasteiger partial charge >= 0.3 is 47.9 Å². The van der Waals surface area contributed by atoms with Crippen LogP contribution in [-0.4, -0.2) is 64.6 Å². The molecule has 0 bridgehead atoms. The van der Waals surface area contributed by atoms with E-state index in [2.05, 4.69) is 4.74 Å². The van der Waals surface area contributed by atoms with Crippen molar-refractivity contribution >= 4 is 12.1 Å². The molecule has 0 aromatic rings. The van der Waals surface area contributed by atoms with Crippen LogP contribution >= 0.6 is 0 Å². The van der Waals surface area contributed by atoms with E-state index in [1.807, 2.05) is 0 Å². The van der Waals surface area contributed by atoms with Gasteiger partial charge in [-0.3, -0.25) is 0 Å². The van der Waals surface area contributed by atoms with Crippen LogP contribution in [0, 0.1) is 0 Å². The first-order valence-electron chi connectivity index (χ1n) is 7.84. The molecule has 18 heteroatoms. The van der Waals surface area contributed by atoms with Crippen molar-refractivity contribution in [3.63, 3.8) is 0 Å². The van der Waals surface area contributed by atoms with Gasteiger partial charge in [-0.25, -0.2) is 9.59 Å². The zero-order chi connectivity index (χ0) is 26.4. The minimum Gasteiger partial charge on any atom is -0.480 e. The average molecular weight is 507 g/mol. The first kappa shape index (κ1) is 29.8. The SMILES string of the molecule is CC(C)(C)OC(=O)N[C@H](CC(F)(F)C(F)(F)C(F)(F)C(F)(F)C(F)(F)C(F)(F)F)C(=O)O. The third kappa shape index (κ3) is 5.41. The van der Waals surface area contributed by atoms with Crippen molar-refractivity contribution in [1.29, 1.82) is 0 Å². The molecule has 0 aliphatic heterocycles. The number of hydrogen-bond acceptors (Lipinski definition) is 3. The van der Waals surface area contributed by atoms with Crippen LogP contribution in [0.4, 0.5) is 61.9 Å². The highest BCUT2D eigenvalue weighted by molar-refractivity contribution is 5.80. The Balaban J connectivity index is 6.15. The third-order valence-electron chi connectivity index (χ3n) is 3.45. The van der Waals surface area contributed by atoms with Crippen LogP contribution in [0.25, 0.3) is 0 Å². The smallest absolute Gasteiger partial charge is 0.460 e. The Morgan fingerprint density at radius 1 is 0.750 bits per heavy atom. The lowest BCUT2D eigenvalue weighted by Gasteiger charge is -2.40. The molecule has 0 saturated carbocycles. The molecule has 0 fully saturated rings. The topological polar surface area (TPSA) is 75.6 Å². The lowest BCUT2D eigenvalue weighted by Crippen LogP contribution is -2.70. The van der Waals surface area contributed by atoms with Crippen LogP contribution in [-0.2, 0) is 9.53 Å². The van der Waals surface area contributed by atoms with Crippen molar-refractivity contribution in [2.45, 2.75) is 74.6 Å². The molecular formula is C14H14F13NO4. The van der Waals surface area contributed by atoms with Gasteiger partial charge in [0.05, 0.1) is 0 Å². The van der Waals surface area contributed by atoms with Crippen LogP contribution in [0.15, 0.2) is 0 Å². The van der Waals surface area contributed by atoms with Gasteiger partial charge in [-0.05, 0) is 20.8 Å². The van der Waals surface area contributed by atoms with E-state index >= 15 is 0 Å². The second-order valence-corrected chi connectivity index (χ2v) is 7.24. The number of carboxylic acids is 1. The third-order valence-corrected chi connectivity index (χ3v) is 3.45. The predicted octanol–water partition coefficient (Wildman–Crippen LogP) is 5.09. The van der Waals surface area contributed by atoms with Gasteiger partial charge in [-0.2, -0.15) is 57.1 Å². The van der Waals surface area contributed by atoms with Crippen LogP contribution in [0.5, 0.6) is 0 Å². The molecule has 0 radical (unpaired) electrons. The number of carbonyl (C=O) groups is 2. The Morgan fingerprint density at radius 3 is 1.44 bits per heavy atom. The average Bonchev–Trinajstić information content (AvgIpc) is 2.50. The minimum atomic E-state index is -8.11. The van der Waals surface area contributed by atoms with Crippen molar-refractivity contribution in [2.24, 2.45) is 0 Å². The number of alkyl halides is 13. The van der Waals surface area contributed by atoms with E-state index in [4.69, 9.17) is 5.11 Å². The molecular weight excluding hydrogens is 493 g/mol. The molecule has 0 aromatic heterocycles. The Bertz CT molecular complexity index is 712. The minimum absolute atomic E-state index is 1.01. The number of ether oxygens (including phenoxy) is 1. The molecule has 5 nitrogen and oxygen atoms in total. The molecule has 0 spiro atoms. The van der Waals surface area contributed by atoms with Crippen LogP contribution in [0.1, 0.15) is 27.2 Å². The Hall–Kier alpha value is -2.17. The van der Waals surface area contributed by atoms with Crippen LogP contribution in [0.3, 0.4) is 0 Å². The number of carbonyl (C=O) groups excluding carboxylic acids is 1. The van der Waals surface area contributed by atoms with Crippen molar-refractivity contribution in [1.82, 2.24) is 5.32 Å². The summed E-state index contributed by atoms with van der Waals surface area (Å²) < 4.78 is 174. The lowest BCUT2D eigenvalue weighted by atomic mass is 9.91. The zero-order valence-electron chi connectivity index (χ0n) is 15.9. The van der Waals surface area contributed by atoms with Crippen molar-refractivity contribution in [2.75, 3.05) is 0 Å². The fourth-order valence-electron chi connectivity index (χ4n) is 1.84. The molecule has 0 heterocycles. The number of halogens is 13. The van der Waals surface area contributed by atoms with E-state index in [0.717, 1.165) is 26.1 Å². The first-order chi connectivity index (χ1) is 13.7. The largest absolute Gasteiger partial charge is 0.480 e. The quantitative estimate of drug-likeness (QED) is 0.449. The summed E-state index contributed by atoms with van der Waals surface area (Å²) in [5.41, 5.74) is -1.43. The maximum Gasteiger partial charge on any atom is 0.460 e. The molecule has 0 aromatic carbocycles. The molecule has 190 valence electrons. The van der Waals surface area contributed by atoms with Crippen LogP contribution < -0.4 is 5.32 Å². The molecule has 0 rings (SSSR count). The highest BCUT2D eigenvalue weighted by Gasteiger charge is 2.90. The summed E-state index contributed by atoms with van der Waals surface area (Å²) in [6.45, 7) is 3.44. The predicted molar refractivity (Wildman–Crippen MR) is 76.2 cm³/mol. The van der Waals surface area contributed by atoms with Gasteiger partial charge in [-0.1, -0.05) is 0 Å². The summed E-state index contributed by atoms with van der Waals surface area (Å²) in [4.78, 5) is 22.3. The molecule has 32 heavy (non-hydrogen) atoms. The van der Waals surface area contributed by atoms with Gasteiger partial charge in [0.15, 0.2) is 0 Å². The molecule has 0 aliphatic rings. The summed E-state index contributed by atoms with van der Waals surface area (Å²) in [6.07, 6.45) is -12.6. The summed E-state index contributed by atoms with van der Waals surface area (Å²) in [5, 5.41) is 9.71. The number of alkyl carbamates (subject to hydrolysis) is 1. The van der Waals surface area contributed by atoms with Gasteiger partial charge in [0, 0.05) is 6.42 Å². The Kier molecular flexibility index (Phi) is 7.75. The molecule has 1 atom stereocenters. The number of hydrogen-bond donors (Lipinski definition) is 2. The molecule has 0 unspecified atom stereocenters. The van der Waals surface area contributed by atoms with E-state index in [1.165, 1.54) is 0 Å². The second-order valence-electron chi connectivity index (χ2n) is 7.24. The summed E-state index contributed by atoms with van der Waals surface area (Å²) in [6, 6.07) is -3.25. The van der Waals surface area contributed by atoms with Crippen molar-refractivity contribution < 1.29 is 76.5 Å². The van der Waals surface area contributed by atoms with E-state index in [9.17, 15) is 66.7 Å². The van der Waals surface area contributed by atoms with Gasteiger partial charge in [-0.15, -0.1) is 0 Å². The van der Waals surface area contributed by atoms with Gasteiger partial charge in [0.25, 0.3) is 0 Å². The Morgan fingerprint density at radius 2 is 1.12 bits per heavy atom. The molecule has 0 saturated heterocycles. The van der Waals surface area contributed by atoms with Gasteiger partial charge in [0.2, 0.25) is 0 Å². The van der Waals surface area contributed by atoms with Crippen molar-refractivity contribution in [3.8, 4) is 0 Å². The number of nitrogens with one attached hydrogen (secondary N) is 1. The summed E-state index contributed by atoms with van der Waals surface area (Å²) in [5.74, 6) is -41.0. The maximum absolute atomic E-state index is 13.8. The zero-order valence-corrected chi connectivity index (χ0v) is 15.9. The fourth-order valence-corrected chi connectivity index (χ4v) is 1.84. The maximum atomic E-state index is 13.8. The van der Waals surface area contributed by atoms with E-state index in [-0.39, 0.29) is 0 Å². The highest BCUT2D eigenvalue weighted by Crippen LogP contribution is 2.60. The fraction of sp³-hybridized carbons (Fsp3) is 0.857. The normalized spacial score (nSPS) is 15.9. The number of aliphatic carboxylic acids is 1. The van der Waals surface area contributed by atoms with Crippen LogP contribution in [0.2, 0.25) is 0 Å². The van der Waals surface area contributed by atoms with Gasteiger partial charge < -0.3 is 15.2 Å². The molecule has 1 amide bonds. The monoisotopic (exact) mass is 507 g/mol. The summed E-state index contributed by atoms with van der Waals surface area (Å²) in [7, 11) is 0. The summed E-state index contributed by atoms with van der Waals surface area (Å²) >= 11 is 0. The number of carboxylic acid groups (broad SMARTS) is 1. The van der Waals surface area contributed by atoms with Gasteiger partial charge in [0.1, 0.15) is 11.6 Å². The molecule has 0 aliphatic carbocycles. The lowest BCUT2D eigenvalue weighted by molar-refractivity contribution is -0.440. The van der Waals surface area contributed by atoms with Crippen molar-refractivity contribution in [3.05, 3.63) is 0 Å². The van der Waals surface area contributed by atoms with E-state index < -0.39 is 65.9 Å². The standard InChI is InChI=1S/C14H14F13NO4/c1-8(2,3)32-7(31)28-5(6(29)30)4-9(15,16)10(17,18)11(19,20)12(21,22)13(23,24)14(25,26)27/h5H,4H2,1-3H3,(H,28,31)(H,29,30)/t5-/m1/s1. The number of rotatable bonds is 8. The number of amides is 1. The Labute approximate surface area is 169 Å².